The molecular weight excluding hydrogens is 328 g/mol. The van der Waals surface area contributed by atoms with E-state index in [-0.39, 0.29) is 24.4 Å². The normalized spacial score (nSPS) is 11.4. The van der Waals surface area contributed by atoms with Gasteiger partial charge in [-0.1, -0.05) is 92.4 Å². The Bertz CT molecular complexity index is 355. The molecule has 0 radical (unpaired) electrons. The van der Waals surface area contributed by atoms with Crippen LogP contribution in [0, 0.1) is 11.8 Å². The molecular formula is C22H42O4. The summed E-state index contributed by atoms with van der Waals surface area (Å²) in [6.45, 7) is 10.7. The van der Waals surface area contributed by atoms with Crippen molar-refractivity contribution in [2.24, 2.45) is 11.8 Å². The third-order valence-corrected chi connectivity index (χ3v) is 4.63. The first-order chi connectivity index (χ1) is 12.4. The van der Waals surface area contributed by atoms with Gasteiger partial charge in [-0.25, -0.2) is 0 Å². The quantitative estimate of drug-likeness (QED) is 0.188. The second kappa shape index (κ2) is 16.1. The van der Waals surface area contributed by atoms with E-state index >= 15 is 0 Å². The number of carbonyl (C=O) groups excluding carboxylic acids is 2. The van der Waals surface area contributed by atoms with E-state index in [1.165, 1.54) is 51.4 Å². The molecule has 0 heterocycles. The van der Waals surface area contributed by atoms with Crippen molar-refractivity contribution in [3.05, 3.63) is 0 Å². The minimum Gasteiger partial charge on any atom is -0.465 e. The predicted molar refractivity (Wildman–Crippen MR) is 107 cm³/mol. The molecule has 0 N–H and O–H groups in total. The van der Waals surface area contributed by atoms with Crippen molar-refractivity contribution >= 4 is 11.9 Å². The highest BCUT2D eigenvalue weighted by Crippen LogP contribution is 2.17. The first kappa shape index (κ1) is 24.9. The predicted octanol–water partition coefficient (Wildman–Crippen LogP) is 6.06. The van der Waals surface area contributed by atoms with Crippen LogP contribution in [0.15, 0.2) is 0 Å². The van der Waals surface area contributed by atoms with Gasteiger partial charge in [-0.15, -0.1) is 0 Å². The van der Waals surface area contributed by atoms with Gasteiger partial charge in [-0.2, -0.15) is 0 Å². The van der Waals surface area contributed by atoms with Crippen LogP contribution < -0.4 is 0 Å². The van der Waals surface area contributed by atoms with Gasteiger partial charge in [0.1, 0.15) is 12.5 Å². The molecule has 0 aromatic carbocycles. The lowest BCUT2D eigenvalue weighted by Crippen LogP contribution is -2.29. The van der Waals surface area contributed by atoms with Gasteiger partial charge in [0.25, 0.3) is 0 Å². The Kier molecular flexibility index (Phi) is 15.5. The summed E-state index contributed by atoms with van der Waals surface area (Å²) < 4.78 is 10.6. The maximum absolute atomic E-state index is 11.9. The maximum atomic E-state index is 11.9. The van der Waals surface area contributed by atoms with Gasteiger partial charge in [0, 0.05) is 0 Å². The third-order valence-electron chi connectivity index (χ3n) is 4.63. The summed E-state index contributed by atoms with van der Waals surface area (Å²) in [5.41, 5.74) is 0. The smallest absolute Gasteiger partial charge is 0.317 e. The van der Waals surface area contributed by atoms with Gasteiger partial charge in [0.15, 0.2) is 0 Å². The summed E-state index contributed by atoms with van der Waals surface area (Å²) in [7, 11) is 0. The van der Waals surface area contributed by atoms with Crippen LogP contribution in [0.4, 0.5) is 0 Å². The van der Waals surface area contributed by atoms with Gasteiger partial charge in [0.05, 0.1) is 6.61 Å². The van der Waals surface area contributed by atoms with Crippen molar-refractivity contribution in [3.8, 4) is 0 Å². The average Bonchev–Trinajstić information content (AvgIpc) is 2.57. The Hall–Kier alpha value is -1.06. The minimum atomic E-state index is -0.481. The molecule has 0 rings (SSSR count). The topological polar surface area (TPSA) is 52.6 Å². The van der Waals surface area contributed by atoms with Crippen molar-refractivity contribution in [2.75, 3.05) is 6.61 Å². The van der Waals surface area contributed by atoms with Crippen LogP contribution in [-0.4, -0.2) is 24.6 Å². The van der Waals surface area contributed by atoms with E-state index in [9.17, 15) is 9.59 Å². The fourth-order valence-electron chi connectivity index (χ4n) is 3.18. The number of ether oxygens (including phenoxy) is 2. The largest absolute Gasteiger partial charge is 0.465 e. The van der Waals surface area contributed by atoms with Crippen molar-refractivity contribution in [3.63, 3.8) is 0 Å². The second-order valence-electron chi connectivity index (χ2n) is 8.02. The molecule has 0 fully saturated rings. The molecule has 0 aromatic rings. The minimum absolute atomic E-state index is 0.155. The number of unbranched alkanes of at least 4 members (excludes halogenated alkanes) is 9. The first-order valence-corrected chi connectivity index (χ1v) is 10.7. The Morgan fingerprint density at radius 2 is 1.15 bits per heavy atom. The lowest BCUT2D eigenvalue weighted by atomic mass is 9.96. The molecule has 0 bridgehead atoms. The zero-order chi connectivity index (χ0) is 19.8. The molecule has 0 amide bonds. The fraction of sp³-hybridized carbons (Fsp3) is 0.909. The van der Waals surface area contributed by atoms with Crippen LogP contribution in [0.3, 0.4) is 0 Å². The van der Waals surface area contributed by atoms with E-state index < -0.39 is 11.9 Å². The highest BCUT2D eigenvalue weighted by molar-refractivity contribution is 5.91. The lowest BCUT2D eigenvalue weighted by molar-refractivity contribution is -0.161. The highest BCUT2D eigenvalue weighted by Gasteiger charge is 2.23. The van der Waals surface area contributed by atoms with Crippen molar-refractivity contribution in [1.29, 1.82) is 0 Å². The van der Waals surface area contributed by atoms with E-state index in [0.29, 0.717) is 6.61 Å². The van der Waals surface area contributed by atoms with Crippen LogP contribution in [0.5, 0.6) is 0 Å². The van der Waals surface area contributed by atoms with E-state index in [0.717, 1.165) is 12.8 Å². The summed E-state index contributed by atoms with van der Waals surface area (Å²) in [6, 6.07) is 0. The second-order valence-corrected chi connectivity index (χ2v) is 8.02. The molecule has 4 nitrogen and oxygen atoms in total. The molecule has 0 aliphatic carbocycles. The summed E-state index contributed by atoms with van der Waals surface area (Å²) >= 11 is 0. The molecule has 0 aromatic heterocycles. The molecule has 0 saturated carbocycles. The summed E-state index contributed by atoms with van der Waals surface area (Å²) in [5, 5.41) is 0. The average molecular weight is 371 g/mol. The molecule has 0 unspecified atom stereocenters. The number of esters is 2. The molecule has 0 saturated heterocycles. The number of hydrogen-bond donors (Lipinski definition) is 0. The van der Waals surface area contributed by atoms with Crippen LogP contribution in [0.1, 0.15) is 105 Å². The summed E-state index contributed by atoms with van der Waals surface area (Å²) in [6.07, 6.45) is 12.0. The lowest BCUT2D eigenvalue weighted by Gasteiger charge is -2.24. The zero-order valence-electron chi connectivity index (χ0n) is 17.9. The van der Waals surface area contributed by atoms with Gasteiger partial charge in [-0.05, 0) is 18.3 Å². The fourth-order valence-corrected chi connectivity index (χ4v) is 3.18. The highest BCUT2D eigenvalue weighted by atomic mass is 16.6. The Labute approximate surface area is 161 Å². The van der Waals surface area contributed by atoms with Crippen LogP contribution >= 0.6 is 0 Å². The van der Waals surface area contributed by atoms with E-state index in [1.807, 2.05) is 27.7 Å². The van der Waals surface area contributed by atoms with E-state index in [1.54, 1.807) is 0 Å². The number of carbonyl (C=O) groups is 2. The van der Waals surface area contributed by atoms with E-state index in [4.69, 9.17) is 9.47 Å². The Balaban J connectivity index is 3.61. The Morgan fingerprint density at radius 1 is 0.692 bits per heavy atom. The third kappa shape index (κ3) is 14.1. The molecule has 4 heteroatoms. The molecule has 0 aliphatic rings. The maximum Gasteiger partial charge on any atom is 0.317 e. The van der Waals surface area contributed by atoms with Crippen molar-refractivity contribution < 1.29 is 19.1 Å². The van der Waals surface area contributed by atoms with Crippen LogP contribution in [0.2, 0.25) is 0 Å². The molecule has 0 spiro atoms. The van der Waals surface area contributed by atoms with Gasteiger partial charge in [-0.3, -0.25) is 9.59 Å². The standard InChI is InChI=1S/C22H42O4/c1-6-7-8-9-10-11-12-13-14-15-16-25-20(23)17-21(24)26-22(18(2)3)19(4)5/h18-19,22H,6-17H2,1-5H3. The van der Waals surface area contributed by atoms with Gasteiger partial charge in [0.2, 0.25) is 0 Å². The molecule has 0 aliphatic heterocycles. The summed E-state index contributed by atoms with van der Waals surface area (Å²) in [4.78, 5) is 23.6. The van der Waals surface area contributed by atoms with Crippen molar-refractivity contribution in [1.82, 2.24) is 0 Å². The SMILES string of the molecule is CCCCCCCCCCCCOC(=O)CC(=O)OC(C(C)C)C(C)C. The monoisotopic (exact) mass is 370 g/mol. The molecule has 0 atom stereocenters. The zero-order valence-corrected chi connectivity index (χ0v) is 17.9. The van der Waals surface area contributed by atoms with Crippen LogP contribution in [-0.2, 0) is 19.1 Å². The number of rotatable bonds is 16. The number of hydrogen-bond acceptors (Lipinski definition) is 4. The van der Waals surface area contributed by atoms with Crippen LogP contribution in [0.25, 0.3) is 0 Å². The van der Waals surface area contributed by atoms with Gasteiger partial charge < -0.3 is 9.47 Å². The first-order valence-electron chi connectivity index (χ1n) is 10.7. The molecule has 26 heavy (non-hydrogen) atoms. The van der Waals surface area contributed by atoms with Crippen molar-refractivity contribution in [2.45, 2.75) is 111 Å². The Morgan fingerprint density at radius 3 is 1.62 bits per heavy atom. The van der Waals surface area contributed by atoms with Gasteiger partial charge >= 0.3 is 11.9 Å². The summed E-state index contributed by atoms with van der Waals surface area (Å²) in [5.74, 6) is -0.481. The molecule has 154 valence electrons. The van der Waals surface area contributed by atoms with E-state index in [2.05, 4.69) is 6.92 Å².